The zero-order valence-electron chi connectivity index (χ0n) is 10.8. The average Bonchev–Trinajstić information content (AvgIpc) is 2.75. The van der Waals surface area contributed by atoms with E-state index in [4.69, 9.17) is 9.84 Å². The van der Waals surface area contributed by atoms with E-state index in [9.17, 15) is 9.59 Å². The number of carbonyl (C=O) groups excluding carboxylic acids is 1. The summed E-state index contributed by atoms with van der Waals surface area (Å²) in [5, 5.41) is 11.5. The normalized spacial score (nSPS) is 22.2. The zero-order chi connectivity index (χ0) is 13.8. The van der Waals surface area contributed by atoms with Crippen LogP contribution in [-0.4, -0.2) is 29.2 Å². The molecule has 1 saturated heterocycles. The third-order valence-corrected chi connectivity index (χ3v) is 3.07. The second-order valence-corrected chi connectivity index (χ2v) is 4.77. The maximum atomic E-state index is 11.9. The summed E-state index contributed by atoms with van der Waals surface area (Å²) in [4.78, 5) is 22.6. The van der Waals surface area contributed by atoms with Gasteiger partial charge in [-0.05, 0) is 37.5 Å². The molecule has 1 aromatic rings. The van der Waals surface area contributed by atoms with Gasteiger partial charge in [-0.2, -0.15) is 0 Å². The number of rotatable bonds is 4. The number of carboxylic acid groups (broad SMARTS) is 1. The van der Waals surface area contributed by atoms with Crippen LogP contribution < -0.4 is 5.32 Å². The van der Waals surface area contributed by atoms with E-state index in [1.807, 2.05) is 6.92 Å². The number of carboxylic acids is 1. The predicted molar refractivity (Wildman–Crippen MR) is 70.0 cm³/mol. The lowest BCUT2D eigenvalue weighted by molar-refractivity contribution is -0.136. The highest BCUT2D eigenvalue weighted by Crippen LogP contribution is 2.21. The van der Waals surface area contributed by atoms with Crippen molar-refractivity contribution in [1.29, 1.82) is 0 Å². The molecule has 0 spiro atoms. The van der Waals surface area contributed by atoms with Gasteiger partial charge >= 0.3 is 5.97 Å². The molecule has 2 N–H and O–H groups in total. The van der Waals surface area contributed by atoms with Gasteiger partial charge in [-0.3, -0.25) is 9.59 Å². The summed E-state index contributed by atoms with van der Waals surface area (Å²) >= 11 is 0. The van der Waals surface area contributed by atoms with Gasteiger partial charge in [0.2, 0.25) is 0 Å². The molecule has 1 aromatic carbocycles. The number of benzene rings is 1. The van der Waals surface area contributed by atoms with Crippen molar-refractivity contribution in [1.82, 2.24) is 0 Å². The molecule has 2 unspecified atom stereocenters. The predicted octanol–water partition coefficient (Wildman–Crippen LogP) is 1.82. The summed E-state index contributed by atoms with van der Waals surface area (Å²) in [6.45, 7) is 1.95. The first-order valence-corrected chi connectivity index (χ1v) is 6.31. The molecule has 0 aliphatic carbocycles. The van der Waals surface area contributed by atoms with Crippen molar-refractivity contribution < 1.29 is 19.4 Å². The van der Waals surface area contributed by atoms with Crippen LogP contribution in [0.1, 0.15) is 25.3 Å². The van der Waals surface area contributed by atoms with Crippen LogP contribution in [0.3, 0.4) is 0 Å². The van der Waals surface area contributed by atoms with Crippen LogP contribution in [0.25, 0.3) is 0 Å². The van der Waals surface area contributed by atoms with Crippen LogP contribution in [0.15, 0.2) is 24.3 Å². The van der Waals surface area contributed by atoms with Crippen LogP contribution in [0, 0.1) is 0 Å². The molecule has 1 aliphatic heterocycles. The summed E-state index contributed by atoms with van der Waals surface area (Å²) < 4.78 is 5.48. The third kappa shape index (κ3) is 3.79. The average molecular weight is 263 g/mol. The van der Waals surface area contributed by atoms with Gasteiger partial charge in [-0.15, -0.1) is 0 Å². The summed E-state index contributed by atoms with van der Waals surface area (Å²) in [6.07, 6.45) is 1.27. The van der Waals surface area contributed by atoms with Crippen LogP contribution in [0.2, 0.25) is 0 Å². The molecule has 19 heavy (non-hydrogen) atoms. The van der Waals surface area contributed by atoms with Gasteiger partial charge in [-0.25, -0.2) is 0 Å². The fraction of sp³-hybridized carbons (Fsp3) is 0.429. The summed E-state index contributed by atoms with van der Waals surface area (Å²) in [5.74, 6) is -1.06. The minimum Gasteiger partial charge on any atom is -0.481 e. The molecule has 2 rings (SSSR count). The lowest BCUT2D eigenvalue weighted by atomic mass is 10.1. The number of nitrogens with one attached hydrogen (secondary N) is 1. The Kier molecular flexibility index (Phi) is 4.16. The van der Waals surface area contributed by atoms with Crippen LogP contribution in [-0.2, 0) is 20.7 Å². The first-order chi connectivity index (χ1) is 9.04. The van der Waals surface area contributed by atoms with Gasteiger partial charge in [0.1, 0.15) is 6.10 Å². The highest BCUT2D eigenvalue weighted by atomic mass is 16.5. The fourth-order valence-corrected chi connectivity index (χ4v) is 2.15. The Labute approximate surface area is 111 Å². The SMILES string of the molecule is CC1CCC(C(=O)Nc2cccc(CC(=O)O)c2)O1. The number of hydrogen-bond donors (Lipinski definition) is 2. The van der Waals surface area contributed by atoms with Crippen LogP contribution >= 0.6 is 0 Å². The number of carbonyl (C=O) groups is 2. The van der Waals surface area contributed by atoms with E-state index >= 15 is 0 Å². The van der Waals surface area contributed by atoms with Crippen molar-refractivity contribution in [3.8, 4) is 0 Å². The monoisotopic (exact) mass is 263 g/mol. The first-order valence-electron chi connectivity index (χ1n) is 6.31. The largest absolute Gasteiger partial charge is 0.481 e. The number of ether oxygens (including phenoxy) is 1. The molecule has 5 heteroatoms. The van der Waals surface area contributed by atoms with Gasteiger partial charge < -0.3 is 15.2 Å². The lowest BCUT2D eigenvalue weighted by Gasteiger charge is -2.12. The molecule has 1 fully saturated rings. The van der Waals surface area contributed by atoms with E-state index < -0.39 is 12.1 Å². The maximum Gasteiger partial charge on any atom is 0.307 e. The number of hydrogen-bond acceptors (Lipinski definition) is 3. The minimum atomic E-state index is -0.892. The van der Waals surface area contributed by atoms with Gasteiger partial charge in [0.25, 0.3) is 5.91 Å². The Balaban J connectivity index is 1.98. The fourth-order valence-electron chi connectivity index (χ4n) is 2.15. The Hall–Kier alpha value is -1.88. The Bertz CT molecular complexity index is 486. The molecule has 5 nitrogen and oxygen atoms in total. The number of aliphatic carboxylic acids is 1. The molecule has 2 atom stereocenters. The summed E-state index contributed by atoms with van der Waals surface area (Å²) in [6, 6.07) is 6.86. The third-order valence-electron chi connectivity index (χ3n) is 3.07. The maximum absolute atomic E-state index is 11.9. The van der Waals surface area contributed by atoms with E-state index in [1.165, 1.54) is 0 Å². The van der Waals surface area contributed by atoms with E-state index in [1.54, 1.807) is 24.3 Å². The number of anilines is 1. The van der Waals surface area contributed by atoms with Gasteiger partial charge in [0.15, 0.2) is 0 Å². The van der Waals surface area contributed by atoms with E-state index in [0.29, 0.717) is 11.3 Å². The zero-order valence-corrected chi connectivity index (χ0v) is 10.8. The quantitative estimate of drug-likeness (QED) is 0.868. The van der Waals surface area contributed by atoms with Crippen molar-refractivity contribution >= 4 is 17.6 Å². The smallest absolute Gasteiger partial charge is 0.307 e. The molecular weight excluding hydrogens is 246 g/mol. The van der Waals surface area contributed by atoms with E-state index in [-0.39, 0.29) is 18.4 Å². The molecule has 1 aliphatic rings. The second kappa shape index (κ2) is 5.84. The Morgan fingerprint density at radius 3 is 2.84 bits per heavy atom. The van der Waals surface area contributed by atoms with Gasteiger partial charge in [-0.1, -0.05) is 12.1 Å². The highest BCUT2D eigenvalue weighted by molar-refractivity contribution is 5.94. The molecule has 102 valence electrons. The first kappa shape index (κ1) is 13.5. The molecule has 0 aromatic heterocycles. The van der Waals surface area contributed by atoms with E-state index in [2.05, 4.69) is 5.32 Å². The van der Waals surface area contributed by atoms with Crippen molar-refractivity contribution in [3.63, 3.8) is 0 Å². The van der Waals surface area contributed by atoms with E-state index in [0.717, 1.165) is 12.8 Å². The topological polar surface area (TPSA) is 75.6 Å². The van der Waals surface area contributed by atoms with Crippen molar-refractivity contribution in [2.24, 2.45) is 0 Å². The summed E-state index contributed by atoms with van der Waals surface area (Å²) in [7, 11) is 0. The Morgan fingerprint density at radius 2 is 2.21 bits per heavy atom. The van der Waals surface area contributed by atoms with Crippen molar-refractivity contribution in [2.75, 3.05) is 5.32 Å². The molecule has 1 amide bonds. The molecule has 0 bridgehead atoms. The van der Waals surface area contributed by atoms with Crippen molar-refractivity contribution in [2.45, 2.75) is 38.4 Å². The lowest BCUT2D eigenvalue weighted by Crippen LogP contribution is -2.27. The molecule has 0 saturated carbocycles. The van der Waals surface area contributed by atoms with Crippen LogP contribution in [0.4, 0.5) is 5.69 Å². The molecule has 0 radical (unpaired) electrons. The number of amides is 1. The summed E-state index contributed by atoms with van der Waals surface area (Å²) in [5.41, 5.74) is 1.26. The van der Waals surface area contributed by atoms with Gasteiger partial charge in [0, 0.05) is 5.69 Å². The minimum absolute atomic E-state index is 0.0549. The van der Waals surface area contributed by atoms with Crippen LogP contribution in [0.5, 0.6) is 0 Å². The molecular formula is C14H17NO4. The molecule has 1 heterocycles. The van der Waals surface area contributed by atoms with Gasteiger partial charge in [0.05, 0.1) is 12.5 Å². The Morgan fingerprint density at radius 1 is 1.42 bits per heavy atom. The highest BCUT2D eigenvalue weighted by Gasteiger charge is 2.28. The second-order valence-electron chi connectivity index (χ2n) is 4.77. The standard InChI is InChI=1S/C14H17NO4/c1-9-5-6-12(19-9)14(18)15-11-4-2-3-10(7-11)8-13(16)17/h2-4,7,9,12H,5-6,8H2,1H3,(H,15,18)(H,16,17). The van der Waals surface area contributed by atoms with Crippen molar-refractivity contribution in [3.05, 3.63) is 29.8 Å².